The summed E-state index contributed by atoms with van der Waals surface area (Å²) in [5.41, 5.74) is 0.709. The van der Waals surface area contributed by atoms with E-state index in [1.165, 1.54) is 36.4 Å². The van der Waals surface area contributed by atoms with Crippen LogP contribution in [0.1, 0.15) is 24.2 Å². The van der Waals surface area contributed by atoms with Crippen LogP contribution >= 0.6 is 0 Å². The Balaban J connectivity index is 1.82. The first-order valence-corrected chi connectivity index (χ1v) is 9.12. The number of aliphatic imine (C=N–C) groups is 1. The maximum atomic E-state index is 13.1. The Labute approximate surface area is 171 Å². The number of anilines is 1. The molecule has 0 spiro atoms. The third-order valence-electron chi connectivity index (χ3n) is 4.12. The molecule has 0 atom stereocenters. The molecule has 0 saturated carbocycles. The highest BCUT2D eigenvalue weighted by Gasteiger charge is 2.19. The van der Waals surface area contributed by atoms with Gasteiger partial charge in [0, 0.05) is 11.6 Å². The summed E-state index contributed by atoms with van der Waals surface area (Å²) in [4.78, 5) is 16.9. The second kappa shape index (κ2) is 8.83. The van der Waals surface area contributed by atoms with Gasteiger partial charge in [-0.3, -0.25) is 15.2 Å². The number of aliphatic hydroxyl groups excluding tert-OH is 1. The number of carbonyl (C=O) groups excluding carboxylic acids is 1. The molecule has 0 unspecified atom stereocenters. The number of rotatable bonds is 5. The van der Waals surface area contributed by atoms with Crippen LogP contribution in [0.25, 0.3) is 11.3 Å². The van der Waals surface area contributed by atoms with Crippen LogP contribution in [0.15, 0.2) is 59.6 Å². The van der Waals surface area contributed by atoms with Gasteiger partial charge in [-0.05, 0) is 67.9 Å². The van der Waals surface area contributed by atoms with E-state index in [4.69, 9.17) is 0 Å². The number of amides is 1. The standard InChI is InChI=1S/C21H21F2N5O2/c1-21(2,12-29)26-20(25-19(30)14-5-9-16(23)10-6-14)24-18-11-17(27-28-18)13-3-7-15(22)8-4-13/h3-11,29H,12H2,1-2H3,(H3,24,25,26,27,28,30). The SMILES string of the molecule is CC(C)(CO)N=C(NC(=O)c1ccc(F)cc1)Nc1cc(-c2ccc(F)cc2)[nH]n1. The Morgan fingerprint density at radius 1 is 1.10 bits per heavy atom. The molecule has 0 bridgehead atoms. The summed E-state index contributed by atoms with van der Waals surface area (Å²) in [5.74, 6) is -0.906. The smallest absolute Gasteiger partial charge is 0.257 e. The van der Waals surface area contributed by atoms with Gasteiger partial charge in [0.15, 0.2) is 5.82 Å². The van der Waals surface area contributed by atoms with Gasteiger partial charge in [-0.15, -0.1) is 0 Å². The Hall–Kier alpha value is -3.59. The van der Waals surface area contributed by atoms with Gasteiger partial charge in [0.05, 0.1) is 17.8 Å². The third-order valence-corrected chi connectivity index (χ3v) is 4.12. The Kier molecular flexibility index (Phi) is 6.22. The van der Waals surface area contributed by atoms with Gasteiger partial charge in [-0.1, -0.05) is 0 Å². The van der Waals surface area contributed by atoms with E-state index < -0.39 is 17.3 Å². The van der Waals surface area contributed by atoms with E-state index in [1.807, 2.05) is 0 Å². The Morgan fingerprint density at radius 2 is 1.70 bits per heavy atom. The van der Waals surface area contributed by atoms with E-state index in [2.05, 4.69) is 25.8 Å². The number of aromatic nitrogens is 2. The summed E-state index contributed by atoms with van der Waals surface area (Å²) >= 11 is 0. The van der Waals surface area contributed by atoms with E-state index in [0.717, 1.165) is 5.56 Å². The molecule has 7 nitrogen and oxygen atoms in total. The number of halogens is 2. The van der Waals surface area contributed by atoms with Crippen molar-refractivity contribution in [2.45, 2.75) is 19.4 Å². The number of carbonyl (C=O) groups is 1. The summed E-state index contributed by atoms with van der Waals surface area (Å²) in [6.45, 7) is 3.12. The van der Waals surface area contributed by atoms with Crippen molar-refractivity contribution in [1.82, 2.24) is 15.5 Å². The fourth-order valence-corrected chi connectivity index (χ4v) is 2.49. The first-order valence-electron chi connectivity index (χ1n) is 9.12. The van der Waals surface area contributed by atoms with Crippen LogP contribution in [0.4, 0.5) is 14.6 Å². The summed E-state index contributed by atoms with van der Waals surface area (Å²) in [6, 6.07) is 12.6. The zero-order chi connectivity index (χ0) is 21.7. The normalized spacial score (nSPS) is 12.0. The highest BCUT2D eigenvalue weighted by Crippen LogP contribution is 2.20. The highest BCUT2D eigenvalue weighted by molar-refractivity contribution is 6.09. The predicted octanol–water partition coefficient (Wildman–Crippen LogP) is 3.32. The van der Waals surface area contributed by atoms with Crippen molar-refractivity contribution < 1.29 is 18.7 Å². The van der Waals surface area contributed by atoms with E-state index in [1.54, 1.807) is 32.0 Å². The van der Waals surface area contributed by atoms with Crippen molar-refractivity contribution in [3.63, 3.8) is 0 Å². The van der Waals surface area contributed by atoms with Crippen LogP contribution in [0, 0.1) is 11.6 Å². The molecular formula is C21H21F2N5O2. The van der Waals surface area contributed by atoms with Crippen LogP contribution < -0.4 is 10.6 Å². The van der Waals surface area contributed by atoms with Gasteiger partial charge in [0.25, 0.3) is 5.91 Å². The van der Waals surface area contributed by atoms with Crippen molar-refractivity contribution in [3.8, 4) is 11.3 Å². The van der Waals surface area contributed by atoms with E-state index >= 15 is 0 Å². The number of nitrogens with one attached hydrogen (secondary N) is 3. The molecule has 1 amide bonds. The third kappa shape index (κ3) is 5.48. The van der Waals surface area contributed by atoms with Crippen molar-refractivity contribution in [1.29, 1.82) is 0 Å². The summed E-state index contributed by atoms with van der Waals surface area (Å²) < 4.78 is 26.2. The number of nitrogens with zero attached hydrogens (tertiary/aromatic N) is 2. The fourth-order valence-electron chi connectivity index (χ4n) is 2.49. The molecule has 2 aromatic carbocycles. The van der Waals surface area contributed by atoms with Crippen LogP contribution in [0.2, 0.25) is 0 Å². The van der Waals surface area contributed by atoms with Crippen LogP contribution in [0.3, 0.4) is 0 Å². The molecule has 0 radical (unpaired) electrons. The minimum atomic E-state index is -0.880. The predicted molar refractivity (Wildman–Crippen MR) is 110 cm³/mol. The summed E-state index contributed by atoms with van der Waals surface area (Å²) in [6.07, 6.45) is 0. The second-order valence-electron chi connectivity index (χ2n) is 7.19. The average molecular weight is 413 g/mol. The maximum Gasteiger partial charge on any atom is 0.257 e. The molecule has 0 aliphatic heterocycles. The van der Waals surface area contributed by atoms with Crippen molar-refractivity contribution in [2.75, 3.05) is 11.9 Å². The van der Waals surface area contributed by atoms with E-state index in [-0.39, 0.29) is 23.9 Å². The summed E-state index contributed by atoms with van der Waals surface area (Å²) in [7, 11) is 0. The Morgan fingerprint density at radius 3 is 2.30 bits per heavy atom. The quantitative estimate of drug-likeness (QED) is 0.381. The molecule has 30 heavy (non-hydrogen) atoms. The lowest BCUT2D eigenvalue weighted by Gasteiger charge is -2.19. The molecule has 3 rings (SSSR count). The average Bonchev–Trinajstić information content (AvgIpc) is 3.17. The maximum absolute atomic E-state index is 13.1. The summed E-state index contributed by atoms with van der Waals surface area (Å²) in [5, 5.41) is 22.0. The van der Waals surface area contributed by atoms with Gasteiger partial charge in [-0.25, -0.2) is 13.8 Å². The van der Waals surface area contributed by atoms with Crippen molar-refractivity contribution in [2.24, 2.45) is 4.99 Å². The molecular weight excluding hydrogens is 392 g/mol. The van der Waals surface area contributed by atoms with Crippen LogP contribution in [-0.4, -0.2) is 39.3 Å². The molecule has 3 aromatic rings. The van der Waals surface area contributed by atoms with Gasteiger partial charge in [0.1, 0.15) is 11.6 Å². The highest BCUT2D eigenvalue weighted by atomic mass is 19.1. The van der Waals surface area contributed by atoms with E-state index in [9.17, 15) is 18.7 Å². The molecule has 4 N–H and O–H groups in total. The fraction of sp³-hybridized carbons (Fsp3) is 0.190. The minimum absolute atomic E-state index is 0.0560. The van der Waals surface area contributed by atoms with Gasteiger partial charge in [-0.2, -0.15) is 5.10 Å². The number of guanidine groups is 1. The topological polar surface area (TPSA) is 102 Å². The minimum Gasteiger partial charge on any atom is -0.394 e. The molecule has 9 heteroatoms. The lowest BCUT2D eigenvalue weighted by Crippen LogP contribution is -2.39. The molecule has 1 aromatic heterocycles. The molecule has 1 heterocycles. The van der Waals surface area contributed by atoms with Crippen LogP contribution in [-0.2, 0) is 0 Å². The lowest BCUT2D eigenvalue weighted by atomic mass is 10.1. The van der Waals surface area contributed by atoms with Gasteiger partial charge < -0.3 is 10.4 Å². The Bertz CT molecular complexity index is 1040. The largest absolute Gasteiger partial charge is 0.394 e. The van der Waals surface area contributed by atoms with Crippen molar-refractivity contribution in [3.05, 3.63) is 71.8 Å². The molecule has 0 aliphatic rings. The lowest BCUT2D eigenvalue weighted by molar-refractivity contribution is 0.0976. The zero-order valence-corrected chi connectivity index (χ0v) is 16.4. The number of aromatic amines is 1. The monoisotopic (exact) mass is 413 g/mol. The number of benzene rings is 2. The van der Waals surface area contributed by atoms with Crippen molar-refractivity contribution >= 4 is 17.7 Å². The van der Waals surface area contributed by atoms with Gasteiger partial charge in [0.2, 0.25) is 5.96 Å². The zero-order valence-electron chi connectivity index (χ0n) is 16.4. The van der Waals surface area contributed by atoms with E-state index in [0.29, 0.717) is 11.5 Å². The second-order valence-corrected chi connectivity index (χ2v) is 7.19. The number of hydrogen-bond donors (Lipinski definition) is 4. The molecule has 0 aliphatic carbocycles. The van der Waals surface area contributed by atoms with Crippen LogP contribution in [0.5, 0.6) is 0 Å². The first-order chi connectivity index (χ1) is 14.3. The van der Waals surface area contributed by atoms with Gasteiger partial charge >= 0.3 is 0 Å². The molecule has 0 saturated heterocycles. The number of hydrogen-bond acceptors (Lipinski definition) is 4. The molecule has 156 valence electrons. The number of H-pyrrole nitrogens is 1. The first kappa shape index (κ1) is 21.1. The molecule has 0 fully saturated rings. The number of aliphatic hydroxyl groups is 1.